The molecule has 1 aliphatic rings. The molecule has 0 fully saturated rings. The van der Waals surface area contributed by atoms with E-state index >= 15 is 0 Å². The Hall–Kier alpha value is -0.860. The summed E-state index contributed by atoms with van der Waals surface area (Å²) in [7, 11) is 0. The molecule has 0 saturated carbocycles. The molecule has 3 unspecified atom stereocenters. The molecular weight excluding hydrogens is 198 g/mol. The number of benzene rings is 1. The van der Waals surface area contributed by atoms with E-state index in [0.29, 0.717) is 18.5 Å². The second kappa shape index (κ2) is 4.98. The van der Waals surface area contributed by atoms with Gasteiger partial charge in [-0.25, -0.2) is 0 Å². The summed E-state index contributed by atoms with van der Waals surface area (Å²) in [5.41, 5.74) is 2.88. The Morgan fingerprint density at radius 3 is 2.94 bits per heavy atom. The zero-order valence-corrected chi connectivity index (χ0v) is 10.1. The molecule has 1 aromatic rings. The molecule has 2 N–H and O–H groups in total. The van der Waals surface area contributed by atoms with Crippen LogP contribution in [0.2, 0.25) is 0 Å². The minimum absolute atomic E-state index is 0.277. The van der Waals surface area contributed by atoms with Crippen molar-refractivity contribution >= 4 is 0 Å². The van der Waals surface area contributed by atoms with Crippen LogP contribution < -0.4 is 5.32 Å². The van der Waals surface area contributed by atoms with Crippen LogP contribution in [0, 0.1) is 5.92 Å². The van der Waals surface area contributed by atoms with Gasteiger partial charge in [-0.3, -0.25) is 0 Å². The van der Waals surface area contributed by atoms with Gasteiger partial charge in [-0.05, 0) is 36.8 Å². The average molecular weight is 219 g/mol. The molecule has 0 amide bonds. The van der Waals surface area contributed by atoms with E-state index in [1.54, 1.807) is 0 Å². The van der Waals surface area contributed by atoms with E-state index in [0.717, 1.165) is 0 Å². The van der Waals surface area contributed by atoms with E-state index in [4.69, 9.17) is 0 Å². The van der Waals surface area contributed by atoms with Gasteiger partial charge < -0.3 is 10.4 Å². The van der Waals surface area contributed by atoms with Crippen molar-refractivity contribution in [1.29, 1.82) is 0 Å². The van der Waals surface area contributed by atoms with Crippen molar-refractivity contribution in [1.82, 2.24) is 5.32 Å². The number of hydrogen-bond acceptors (Lipinski definition) is 2. The first kappa shape index (κ1) is 11.6. The minimum Gasteiger partial charge on any atom is -0.392 e. The van der Waals surface area contributed by atoms with Gasteiger partial charge in [-0.2, -0.15) is 0 Å². The quantitative estimate of drug-likeness (QED) is 0.817. The van der Waals surface area contributed by atoms with Gasteiger partial charge in [-0.15, -0.1) is 0 Å². The summed E-state index contributed by atoms with van der Waals surface area (Å²) < 4.78 is 0. The van der Waals surface area contributed by atoms with Gasteiger partial charge in [0.25, 0.3) is 0 Å². The van der Waals surface area contributed by atoms with Crippen molar-refractivity contribution in [2.45, 2.75) is 38.8 Å². The Balaban J connectivity index is 2.16. The number of aryl methyl sites for hydroxylation is 1. The molecular formula is C14H21NO. The second-order valence-electron chi connectivity index (χ2n) is 4.95. The van der Waals surface area contributed by atoms with Gasteiger partial charge in [0.15, 0.2) is 0 Å². The van der Waals surface area contributed by atoms with Crippen LogP contribution >= 0.6 is 0 Å². The molecule has 3 atom stereocenters. The molecule has 0 saturated heterocycles. The lowest BCUT2D eigenvalue weighted by Gasteiger charge is -2.32. The van der Waals surface area contributed by atoms with Crippen LogP contribution in [0.3, 0.4) is 0 Å². The first-order valence-corrected chi connectivity index (χ1v) is 6.17. The first-order valence-electron chi connectivity index (χ1n) is 6.17. The van der Waals surface area contributed by atoms with Crippen LogP contribution in [-0.4, -0.2) is 17.8 Å². The maximum Gasteiger partial charge on any atom is 0.0636 e. The van der Waals surface area contributed by atoms with Crippen LogP contribution in [0.1, 0.15) is 37.4 Å². The molecule has 0 bridgehead atoms. The third-order valence-corrected chi connectivity index (χ3v) is 3.46. The third kappa shape index (κ3) is 2.45. The van der Waals surface area contributed by atoms with Crippen LogP contribution in [0.5, 0.6) is 0 Å². The topological polar surface area (TPSA) is 32.3 Å². The number of aliphatic hydroxyl groups is 1. The van der Waals surface area contributed by atoms with Crippen LogP contribution in [-0.2, 0) is 6.42 Å². The summed E-state index contributed by atoms with van der Waals surface area (Å²) in [6.45, 7) is 4.78. The van der Waals surface area contributed by atoms with Crippen molar-refractivity contribution in [3.63, 3.8) is 0 Å². The molecule has 1 aromatic carbocycles. The monoisotopic (exact) mass is 219 g/mol. The number of nitrogens with one attached hydrogen (secondary N) is 1. The molecule has 0 aromatic heterocycles. The van der Waals surface area contributed by atoms with Crippen LogP contribution in [0.4, 0.5) is 0 Å². The zero-order valence-electron chi connectivity index (χ0n) is 10.1. The van der Waals surface area contributed by atoms with Crippen molar-refractivity contribution in [3.05, 3.63) is 35.4 Å². The van der Waals surface area contributed by atoms with Crippen molar-refractivity contribution in [2.75, 3.05) is 6.54 Å². The van der Waals surface area contributed by atoms with Crippen LogP contribution in [0.25, 0.3) is 0 Å². The summed E-state index contributed by atoms with van der Waals surface area (Å²) in [5.74, 6) is 0.647. The normalized spacial score (nSPS) is 26.2. The number of rotatable bonds is 3. The molecule has 0 radical (unpaired) electrons. The van der Waals surface area contributed by atoms with Gasteiger partial charge in [0.2, 0.25) is 0 Å². The first-order chi connectivity index (χ1) is 7.68. The summed E-state index contributed by atoms with van der Waals surface area (Å²) in [4.78, 5) is 0. The van der Waals surface area contributed by atoms with E-state index in [2.05, 4.69) is 36.5 Å². The fourth-order valence-corrected chi connectivity index (χ4v) is 2.53. The van der Waals surface area contributed by atoms with E-state index < -0.39 is 0 Å². The average Bonchev–Trinajstić information content (AvgIpc) is 2.27. The Kier molecular flexibility index (Phi) is 3.62. The molecule has 0 heterocycles. The number of aliphatic hydroxyl groups excluding tert-OH is 1. The molecule has 88 valence electrons. The van der Waals surface area contributed by atoms with Gasteiger partial charge in [0.1, 0.15) is 0 Å². The lowest BCUT2D eigenvalue weighted by molar-refractivity contribution is 0.178. The summed E-state index contributed by atoms with van der Waals surface area (Å²) in [5, 5.41) is 12.8. The SMILES string of the molecule is CC(O)CNC1c2ccccc2CCC1C. The second-order valence-corrected chi connectivity index (χ2v) is 4.95. The Morgan fingerprint density at radius 2 is 2.19 bits per heavy atom. The molecule has 2 heteroatoms. The van der Waals surface area contributed by atoms with Gasteiger partial charge in [0, 0.05) is 12.6 Å². The summed E-state index contributed by atoms with van der Waals surface area (Å²) in [6.07, 6.45) is 2.14. The van der Waals surface area contributed by atoms with Crippen molar-refractivity contribution in [3.8, 4) is 0 Å². The van der Waals surface area contributed by atoms with Crippen molar-refractivity contribution < 1.29 is 5.11 Å². The van der Waals surface area contributed by atoms with E-state index in [9.17, 15) is 5.11 Å². The number of hydrogen-bond donors (Lipinski definition) is 2. The fourth-order valence-electron chi connectivity index (χ4n) is 2.53. The van der Waals surface area contributed by atoms with E-state index in [1.807, 2.05) is 6.92 Å². The van der Waals surface area contributed by atoms with E-state index in [1.165, 1.54) is 24.0 Å². The number of fused-ring (bicyclic) bond motifs is 1. The maximum absolute atomic E-state index is 9.35. The van der Waals surface area contributed by atoms with E-state index in [-0.39, 0.29) is 6.10 Å². The van der Waals surface area contributed by atoms with Crippen molar-refractivity contribution in [2.24, 2.45) is 5.92 Å². The van der Waals surface area contributed by atoms with Gasteiger partial charge >= 0.3 is 0 Å². The van der Waals surface area contributed by atoms with Gasteiger partial charge in [0.05, 0.1) is 6.10 Å². The largest absolute Gasteiger partial charge is 0.392 e. The lowest BCUT2D eigenvalue weighted by Crippen LogP contribution is -2.35. The predicted molar refractivity (Wildman–Crippen MR) is 66.4 cm³/mol. The maximum atomic E-state index is 9.35. The predicted octanol–water partition coefficient (Wildman–Crippen LogP) is 2.28. The molecule has 16 heavy (non-hydrogen) atoms. The Bertz CT molecular complexity index is 348. The third-order valence-electron chi connectivity index (χ3n) is 3.46. The molecule has 2 nitrogen and oxygen atoms in total. The zero-order chi connectivity index (χ0) is 11.5. The lowest BCUT2D eigenvalue weighted by atomic mass is 9.80. The molecule has 2 rings (SSSR count). The molecule has 0 spiro atoms. The fraction of sp³-hybridized carbons (Fsp3) is 0.571. The van der Waals surface area contributed by atoms with Crippen LogP contribution in [0.15, 0.2) is 24.3 Å². The molecule has 1 aliphatic carbocycles. The smallest absolute Gasteiger partial charge is 0.0636 e. The highest BCUT2D eigenvalue weighted by atomic mass is 16.3. The minimum atomic E-state index is -0.277. The highest BCUT2D eigenvalue weighted by molar-refractivity contribution is 5.32. The Morgan fingerprint density at radius 1 is 1.44 bits per heavy atom. The highest BCUT2D eigenvalue weighted by Crippen LogP contribution is 2.33. The van der Waals surface area contributed by atoms with Gasteiger partial charge in [-0.1, -0.05) is 31.2 Å². The Labute approximate surface area is 97.7 Å². The highest BCUT2D eigenvalue weighted by Gasteiger charge is 2.25. The molecule has 0 aliphatic heterocycles. The summed E-state index contributed by atoms with van der Waals surface area (Å²) in [6, 6.07) is 9.05. The standard InChI is InChI=1S/C14H21NO/c1-10-7-8-12-5-3-4-6-13(12)14(10)15-9-11(2)16/h3-6,10-11,14-16H,7-9H2,1-2H3. The summed E-state index contributed by atoms with van der Waals surface area (Å²) >= 11 is 0.